The normalized spacial score (nSPS) is 16.6. The molecule has 0 radical (unpaired) electrons. The van der Waals surface area contributed by atoms with Gasteiger partial charge in [-0.15, -0.1) is 0 Å². The van der Waals surface area contributed by atoms with Crippen molar-refractivity contribution in [3.63, 3.8) is 0 Å². The molecule has 5 heteroatoms. The summed E-state index contributed by atoms with van der Waals surface area (Å²) in [5.41, 5.74) is 0. The minimum Gasteiger partial charge on any atom is -0.460 e. The molecular formula is C10H12O4S. The molecule has 0 aliphatic heterocycles. The number of rotatable bonds is 4. The third kappa shape index (κ3) is 2.47. The number of sulfone groups is 1. The minimum atomic E-state index is -3.27. The lowest BCUT2D eigenvalue weighted by atomic mass is 10.2. The van der Waals surface area contributed by atoms with Crippen molar-refractivity contribution in [3.8, 4) is 0 Å². The maximum Gasteiger partial charge on any atom is 0.198 e. The second kappa shape index (κ2) is 3.48. The second-order valence-corrected chi connectivity index (χ2v) is 6.01. The average Bonchev–Trinajstić information content (AvgIpc) is 2.80. The van der Waals surface area contributed by atoms with Gasteiger partial charge in [0.25, 0.3) is 0 Å². The van der Waals surface area contributed by atoms with Gasteiger partial charge in [0, 0.05) is 18.7 Å². The predicted molar refractivity (Wildman–Crippen MR) is 53.5 cm³/mol. The first kappa shape index (κ1) is 10.4. The minimum absolute atomic E-state index is 0.0710. The van der Waals surface area contributed by atoms with Crippen molar-refractivity contribution in [1.29, 1.82) is 0 Å². The van der Waals surface area contributed by atoms with Crippen LogP contribution in [0.3, 0.4) is 0 Å². The lowest BCUT2D eigenvalue weighted by Crippen LogP contribution is -1.98. The Morgan fingerprint density at radius 1 is 1.53 bits per heavy atom. The van der Waals surface area contributed by atoms with Gasteiger partial charge in [-0.2, -0.15) is 0 Å². The molecule has 4 nitrogen and oxygen atoms in total. The monoisotopic (exact) mass is 228 g/mol. The highest BCUT2D eigenvalue weighted by Crippen LogP contribution is 2.33. The van der Waals surface area contributed by atoms with Gasteiger partial charge < -0.3 is 4.42 Å². The largest absolute Gasteiger partial charge is 0.460 e. The van der Waals surface area contributed by atoms with E-state index in [2.05, 4.69) is 0 Å². The Morgan fingerprint density at radius 3 is 2.67 bits per heavy atom. The summed E-state index contributed by atoms with van der Waals surface area (Å²) in [6.45, 7) is 0. The fraction of sp³-hybridized carbons (Fsp3) is 0.500. The molecule has 1 heterocycles. The molecule has 1 fully saturated rings. The number of carbonyl (C=O) groups excluding carboxylic acids is 1. The molecule has 0 bridgehead atoms. The van der Waals surface area contributed by atoms with Crippen molar-refractivity contribution in [2.24, 2.45) is 5.92 Å². The zero-order chi connectivity index (χ0) is 11.1. The maximum atomic E-state index is 11.5. The molecule has 1 aromatic heterocycles. The van der Waals surface area contributed by atoms with Crippen molar-refractivity contribution >= 4 is 15.6 Å². The Hall–Kier alpha value is -1.10. The summed E-state index contributed by atoms with van der Waals surface area (Å²) in [5, 5.41) is 0. The second-order valence-electron chi connectivity index (χ2n) is 3.99. The number of ketones is 1. The Kier molecular flexibility index (Phi) is 2.42. The van der Waals surface area contributed by atoms with Crippen LogP contribution in [0, 0.1) is 5.92 Å². The molecule has 15 heavy (non-hydrogen) atoms. The zero-order valence-electron chi connectivity index (χ0n) is 8.39. The molecule has 2 rings (SSSR count). The van der Waals surface area contributed by atoms with E-state index in [-0.39, 0.29) is 16.4 Å². The van der Waals surface area contributed by atoms with E-state index in [1.54, 1.807) is 0 Å². The lowest BCUT2D eigenvalue weighted by molar-refractivity contribution is 0.0949. The van der Waals surface area contributed by atoms with E-state index < -0.39 is 9.84 Å². The van der Waals surface area contributed by atoms with Crippen molar-refractivity contribution in [2.45, 2.75) is 24.2 Å². The molecule has 1 aliphatic carbocycles. The maximum absolute atomic E-state index is 11.5. The first-order chi connectivity index (χ1) is 6.97. The van der Waals surface area contributed by atoms with Crippen LogP contribution >= 0.6 is 0 Å². The average molecular weight is 228 g/mol. The molecule has 0 aromatic carbocycles. The molecule has 1 aromatic rings. The van der Waals surface area contributed by atoms with E-state index in [9.17, 15) is 13.2 Å². The van der Waals surface area contributed by atoms with E-state index in [0.29, 0.717) is 12.3 Å². The molecule has 0 amide bonds. The smallest absolute Gasteiger partial charge is 0.198 e. The predicted octanol–water partition coefficient (Wildman–Crippen LogP) is 1.67. The highest BCUT2D eigenvalue weighted by molar-refractivity contribution is 7.90. The van der Waals surface area contributed by atoms with Gasteiger partial charge in [0.1, 0.15) is 11.2 Å². The van der Waals surface area contributed by atoms with Crippen LogP contribution in [0.25, 0.3) is 0 Å². The molecule has 0 spiro atoms. The van der Waals surface area contributed by atoms with Crippen LogP contribution in [0.15, 0.2) is 21.6 Å². The van der Waals surface area contributed by atoms with Crippen LogP contribution in [0.5, 0.6) is 0 Å². The summed E-state index contributed by atoms with van der Waals surface area (Å²) in [4.78, 5) is 11.6. The Labute approximate surface area is 88.2 Å². The van der Waals surface area contributed by atoms with Crippen molar-refractivity contribution in [1.82, 2.24) is 0 Å². The Balaban J connectivity index is 2.15. The molecule has 1 saturated carbocycles. The summed E-state index contributed by atoms with van der Waals surface area (Å²) in [7, 11) is -3.27. The van der Waals surface area contributed by atoms with Gasteiger partial charge in [-0.05, 0) is 18.8 Å². The van der Waals surface area contributed by atoms with E-state index in [4.69, 9.17) is 4.42 Å². The zero-order valence-corrected chi connectivity index (χ0v) is 9.21. The van der Waals surface area contributed by atoms with E-state index in [1.165, 1.54) is 6.07 Å². The Morgan fingerprint density at radius 2 is 2.20 bits per heavy atom. The van der Waals surface area contributed by atoms with Crippen molar-refractivity contribution in [2.75, 3.05) is 6.26 Å². The molecule has 0 atom stereocenters. The summed E-state index contributed by atoms with van der Waals surface area (Å²) in [5.74, 6) is 0.527. The molecule has 1 aliphatic rings. The summed E-state index contributed by atoms with van der Waals surface area (Å²) in [6, 6.07) is 1.31. The van der Waals surface area contributed by atoms with Gasteiger partial charge in [-0.25, -0.2) is 8.42 Å². The molecule has 0 saturated heterocycles. The lowest BCUT2D eigenvalue weighted by Gasteiger charge is -1.92. The van der Waals surface area contributed by atoms with Gasteiger partial charge in [-0.1, -0.05) is 0 Å². The van der Waals surface area contributed by atoms with Gasteiger partial charge >= 0.3 is 0 Å². The van der Waals surface area contributed by atoms with Crippen LogP contribution in [-0.4, -0.2) is 20.5 Å². The van der Waals surface area contributed by atoms with E-state index in [0.717, 1.165) is 25.4 Å². The van der Waals surface area contributed by atoms with Gasteiger partial charge in [0.15, 0.2) is 21.4 Å². The first-order valence-electron chi connectivity index (χ1n) is 4.78. The van der Waals surface area contributed by atoms with Crippen LogP contribution in [0.2, 0.25) is 0 Å². The number of Topliss-reactive ketones (excluding diaryl/α,β-unsaturated/α-hetero) is 1. The summed E-state index contributed by atoms with van der Waals surface area (Å²) >= 11 is 0. The number of furan rings is 1. The number of carbonyl (C=O) groups is 1. The van der Waals surface area contributed by atoms with Crippen LogP contribution < -0.4 is 0 Å². The van der Waals surface area contributed by atoms with Gasteiger partial charge in [0.2, 0.25) is 0 Å². The molecule has 82 valence electrons. The van der Waals surface area contributed by atoms with Gasteiger partial charge in [0.05, 0.1) is 0 Å². The number of hydrogen-bond acceptors (Lipinski definition) is 4. The van der Waals surface area contributed by atoms with Crippen LogP contribution in [0.1, 0.15) is 29.8 Å². The van der Waals surface area contributed by atoms with Crippen molar-refractivity contribution in [3.05, 3.63) is 18.1 Å². The topological polar surface area (TPSA) is 64.3 Å². The van der Waals surface area contributed by atoms with Crippen LogP contribution in [0.4, 0.5) is 0 Å². The molecular weight excluding hydrogens is 216 g/mol. The van der Waals surface area contributed by atoms with E-state index in [1.807, 2.05) is 0 Å². The SMILES string of the molecule is CS(=O)(=O)c1coc(C(=O)CC2CC2)c1. The fourth-order valence-corrected chi connectivity index (χ4v) is 1.89. The highest BCUT2D eigenvalue weighted by Gasteiger charge is 2.26. The summed E-state index contributed by atoms with van der Waals surface area (Å²) < 4.78 is 27.2. The van der Waals surface area contributed by atoms with Crippen molar-refractivity contribution < 1.29 is 17.6 Å². The molecule has 0 N–H and O–H groups in total. The fourth-order valence-electron chi connectivity index (χ4n) is 1.34. The molecule has 0 unspecified atom stereocenters. The highest BCUT2D eigenvalue weighted by atomic mass is 32.2. The van der Waals surface area contributed by atoms with E-state index >= 15 is 0 Å². The standard InChI is InChI=1S/C10H12O4S/c1-15(12,13)8-5-10(14-6-8)9(11)4-7-2-3-7/h5-7H,2-4H2,1H3. The first-order valence-corrected chi connectivity index (χ1v) is 6.68. The summed E-state index contributed by atoms with van der Waals surface area (Å²) in [6.07, 6.45) is 4.86. The third-order valence-corrected chi connectivity index (χ3v) is 3.52. The number of hydrogen-bond donors (Lipinski definition) is 0. The van der Waals surface area contributed by atoms with Crippen LogP contribution in [-0.2, 0) is 9.84 Å². The van der Waals surface area contributed by atoms with Gasteiger partial charge in [-0.3, -0.25) is 4.79 Å². The Bertz CT molecular complexity index is 479. The quantitative estimate of drug-likeness (QED) is 0.735. The third-order valence-electron chi connectivity index (χ3n) is 2.45.